The van der Waals surface area contributed by atoms with Gasteiger partial charge in [0.25, 0.3) is 11.5 Å². The number of nitrogens with zero attached hydrogens (tertiary/aromatic N) is 2. The number of aromatic amines is 1. The Morgan fingerprint density at radius 1 is 1.29 bits per heavy atom. The van der Waals surface area contributed by atoms with Crippen molar-refractivity contribution < 1.29 is 9.18 Å². The summed E-state index contributed by atoms with van der Waals surface area (Å²) in [5, 5.41) is 3.35. The molecule has 3 aliphatic rings. The Morgan fingerprint density at radius 2 is 2.10 bits per heavy atom. The van der Waals surface area contributed by atoms with E-state index in [1.807, 2.05) is 6.92 Å². The number of carbonyl (C=O) groups is 1. The summed E-state index contributed by atoms with van der Waals surface area (Å²) < 4.78 is 14.6. The number of rotatable bonds is 3. The second-order valence-electron chi connectivity index (χ2n) is 9.43. The molecule has 6 nitrogen and oxygen atoms in total. The number of nitrogens with one attached hydrogen (secondary N) is 2. The Balaban J connectivity index is 1.32. The van der Waals surface area contributed by atoms with Crippen LogP contribution in [0.1, 0.15) is 58.7 Å². The zero-order chi connectivity index (χ0) is 21.6. The fourth-order valence-corrected chi connectivity index (χ4v) is 5.64. The number of fused-ring (bicyclic) bond motifs is 2. The smallest absolute Gasteiger partial charge is 0.256 e. The van der Waals surface area contributed by atoms with E-state index in [1.54, 1.807) is 17.0 Å². The molecule has 7 heteroatoms. The number of aryl methyl sites for hydroxylation is 1. The molecule has 0 radical (unpaired) electrons. The Labute approximate surface area is 181 Å². The maximum absolute atomic E-state index is 14.6. The lowest BCUT2D eigenvalue weighted by Gasteiger charge is -2.39. The van der Waals surface area contributed by atoms with Gasteiger partial charge in [-0.25, -0.2) is 9.37 Å². The van der Waals surface area contributed by atoms with Gasteiger partial charge in [-0.2, -0.15) is 0 Å². The van der Waals surface area contributed by atoms with E-state index in [2.05, 4.69) is 15.3 Å². The Kier molecular flexibility index (Phi) is 5.16. The molecule has 164 valence electrons. The van der Waals surface area contributed by atoms with Gasteiger partial charge in [0.15, 0.2) is 0 Å². The maximum Gasteiger partial charge on any atom is 0.256 e. The number of benzene rings is 1. The standard InChI is InChI=1S/C24H29FN4O2/c1-15-27-21-18(22(30)28-15)4-6-24(21)7-10-29(11-8-24)23(31)19-13-16(2-3-20(19)25)12-17-5-9-26-14-17/h2-3,13,17,26H,4-12,14H2,1H3,(H,27,28,30). The summed E-state index contributed by atoms with van der Waals surface area (Å²) in [5.41, 5.74) is 2.74. The number of piperidine rings is 1. The van der Waals surface area contributed by atoms with Gasteiger partial charge < -0.3 is 15.2 Å². The number of carbonyl (C=O) groups excluding carboxylic acids is 1. The minimum atomic E-state index is -0.450. The molecule has 31 heavy (non-hydrogen) atoms. The van der Waals surface area contributed by atoms with Gasteiger partial charge in [-0.05, 0) is 82.2 Å². The first-order valence-corrected chi connectivity index (χ1v) is 11.3. The summed E-state index contributed by atoms with van der Waals surface area (Å²) in [5.74, 6) is 0.505. The Bertz CT molecular complexity index is 1070. The average Bonchev–Trinajstić information content (AvgIpc) is 3.39. The number of hydrogen-bond donors (Lipinski definition) is 2. The second kappa shape index (κ2) is 7.86. The van der Waals surface area contributed by atoms with Crippen LogP contribution in [0.4, 0.5) is 4.39 Å². The van der Waals surface area contributed by atoms with Crippen LogP contribution in [0.25, 0.3) is 0 Å². The maximum atomic E-state index is 14.6. The van der Waals surface area contributed by atoms with Crippen molar-refractivity contribution in [2.45, 2.75) is 50.9 Å². The molecular weight excluding hydrogens is 395 g/mol. The van der Waals surface area contributed by atoms with Crippen LogP contribution in [0.5, 0.6) is 0 Å². The molecule has 2 aromatic rings. The van der Waals surface area contributed by atoms with Gasteiger partial charge >= 0.3 is 0 Å². The zero-order valence-corrected chi connectivity index (χ0v) is 18.0. The van der Waals surface area contributed by atoms with Gasteiger partial charge in [0, 0.05) is 24.1 Å². The van der Waals surface area contributed by atoms with Gasteiger partial charge in [-0.1, -0.05) is 6.07 Å². The summed E-state index contributed by atoms with van der Waals surface area (Å²) in [6.45, 7) is 4.93. The molecule has 1 aliphatic carbocycles. The summed E-state index contributed by atoms with van der Waals surface area (Å²) in [6.07, 6.45) is 5.13. The van der Waals surface area contributed by atoms with Gasteiger partial charge in [0.05, 0.1) is 11.3 Å². The van der Waals surface area contributed by atoms with E-state index in [9.17, 15) is 14.0 Å². The van der Waals surface area contributed by atoms with Crippen LogP contribution in [0.2, 0.25) is 0 Å². The highest BCUT2D eigenvalue weighted by Gasteiger charge is 2.44. The predicted octanol–water partition coefficient (Wildman–Crippen LogP) is 2.49. The molecule has 1 spiro atoms. The lowest BCUT2D eigenvalue weighted by Crippen LogP contribution is -2.45. The molecule has 2 aliphatic heterocycles. The fourth-order valence-electron chi connectivity index (χ4n) is 5.64. The van der Waals surface area contributed by atoms with E-state index in [0.29, 0.717) is 24.8 Å². The second-order valence-corrected chi connectivity index (χ2v) is 9.43. The van der Waals surface area contributed by atoms with Crippen molar-refractivity contribution in [2.75, 3.05) is 26.2 Å². The zero-order valence-electron chi connectivity index (χ0n) is 18.0. The molecule has 1 unspecified atom stereocenters. The third kappa shape index (κ3) is 3.69. The van der Waals surface area contributed by atoms with Crippen LogP contribution in [0.15, 0.2) is 23.0 Å². The van der Waals surface area contributed by atoms with Crippen molar-refractivity contribution in [1.29, 1.82) is 0 Å². The first-order valence-electron chi connectivity index (χ1n) is 11.3. The lowest BCUT2D eigenvalue weighted by atomic mass is 9.76. The van der Waals surface area contributed by atoms with E-state index in [-0.39, 0.29) is 22.4 Å². The molecule has 0 saturated carbocycles. The van der Waals surface area contributed by atoms with E-state index < -0.39 is 5.82 Å². The third-order valence-electron chi connectivity index (χ3n) is 7.45. The highest BCUT2D eigenvalue weighted by Crippen LogP contribution is 2.44. The van der Waals surface area contributed by atoms with E-state index in [0.717, 1.165) is 68.4 Å². The summed E-state index contributed by atoms with van der Waals surface area (Å²) >= 11 is 0. The monoisotopic (exact) mass is 424 g/mol. The van der Waals surface area contributed by atoms with Gasteiger partial charge in [0.2, 0.25) is 0 Å². The molecule has 1 amide bonds. The average molecular weight is 425 g/mol. The topological polar surface area (TPSA) is 78.1 Å². The van der Waals surface area contributed by atoms with Crippen LogP contribution in [0.3, 0.4) is 0 Å². The van der Waals surface area contributed by atoms with Gasteiger partial charge in [-0.15, -0.1) is 0 Å². The van der Waals surface area contributed by atoms with Crippen molar-refractivity contribution in [1.82, 2.24) is 20.2 Å². The van der Waals surface area contributed by atoms with Crippen molar-refractivity contribution >= 4 is 5.91 Å². The SMILES string of the molecule is Cc1nc2c(c(=O)[nH]1)CCC21CCN(C(=O)c2cc(CC3CCNC3)ccc2F)CC1. The third-order valence-corrected chi connectivity index (χ3v) is 7.45. The van der Waals surface area contributed by atoms with Crippen LogP contribution < -0.4 is 10.9 Å². The van der Waals surface area contributed by atoms with Crippen molar-refractivity contribution in [3.63, 3.8) is 0 Å². The fraction of sp³-hybridized carbons (Fsp3) is 0.542. The van der Waals surface area contributed by atoms with Crippen molar-refractivity contribution in [2.24, 2.45) is 5.92 Å². The summed E-state index contributed by atoms with van der Waals surface area (Å²) in [4.78, 5) is 34.7. The first kappa shape index (κ1) is 20.4. The molecule has 1 atom stereocenters. The number of amides is 1. The van der Waals surface area contributed by atoms with Crippen molar-refractivity contribution in [3.05, 3.63) is 62.6 Å². The van der Waals surface area contributed by atoms with E-state index >= 15 is 0 Å². The minimum absolute atomic E-state index is 0.0331. The molecule has 3 heterocycles. The molecular formula is C24H29FN4O2. The highest BCUT2D eigenvalue weighted by molar-refractivity contribution is 5.94. The lowest BCUT2D eigenvalue weighted by molar-refractivity contribution is 0.0658. The molecule has 0 bridgehead atoms. The van der Waals surface area contributed by atoms with Crippen LogP contribution in [-0.2, 0) is 18.3 Å². The normalized spacial score (nSPS) is 22.1. The number of hydrogen-bond acceptors (Lipinski definition) is 4. The Morgan fingerprint density at radius 3 is 2.84 bits per heavy atom. The molecule has 1 aromatic heterocycles. The number of aromatic nitrogens is 2. The van der Waals surface area contributed by atoms with Crippen LogP contribution in [-0.4, -0.2) is 47.0 Å². The van der Waals surface area contributed by atoms with E-state index in [1.165, 1.54) is 6.07 Å². The largest absolute Gasteiger partial charge is 0.338 e. The molecule has 5 rings (SSSR count). The molecule has 1 aromatic carbocycles. The van der Waals surface area contributed by atoms with Crippen molar-refractivity contribution in [3.8, 4) is 0 Å². The van der Waals surface area contributed by atoms with Crippen LogP contribution in [0, 0.1) is 18.7 Å². The minimum Gasteiger partial charge on any atom is -0.338 e. The summed E-state index contributed by atoms with van der Waals surface area (Å²) in [7, 11) is 0. The number of halogens is 1. The molecule has 2 N–H and O–H groups in total. The predicted molar refractivity (Wildman–Crippen MR) is 116 cm³/mol. The Hall–Kier alpha value is -2.54. The number of H-pyrrole nitrogens is 1. The summed E-state index contributed by atoms with van der Waals surface area (Å²) in [6, 6.07) is 4.98. The van der Waals surface area contributed by atoms with E-state index in [4.69, 9.17) is 0 Å². The van der Waals surface area contributed by atoms with Gasteiger partial charge in [-0.3, -0.25) is 9.59 Å². The molecule has 2 fully saturated rings. The number of likely N-dealkylation sites (tertiary alicyclic amines) is 1. The quantitative estimate of drug-likeness (QED) is 0.794. The highest BCUT2D eigenvalue weighted by atomic mass is 19.1. The molecule has 2 saturated heterocycles. The van der Waals surface area contributed by atoms with Crippen LogP contribution >= 0.6 is 0 Å². The first-order chi connectivity index (χ1) is 14.9. The van der Waals surface area contributed by atoms with Gasteiger partial charge in [0.1, 0.15) is 11.6 Å².